The molecule has 3 N–H and O–H groups in total. The lowest BCUT2D eigenvalue weighted by molar-refractivity contribution is 0.402. The molecule has 0 saturated heterocycles. The van der Waals surface area contributed by atoms with E-state index in [9.17, 15) is 8.42 Å². The molecule has 0 radical (unpaired) electrons. The third-order valence-corrected chi connectivity index (χ3v) is 4.71. The van der Waals surface area contributed by atoms with Crippen LogP contribution >= 0.6 is 0 Å². The minimum atomic E-state index is -3.67. The first kappa shape index (κ1) is 15.3. The zero-order chi connectivity index (χ0) is 15.5. The van der Waals surface area contributed by atoms with Crippen LogP contribution in [-0.4, -0.2) is 15.5 Å². The highest BCUT2D eigenvalue weighted by atomic mass is 32.2. The van der Waals surface area contributed by atoms with E-state index in [1.165, 1.54) is 13.2 Å². The molecule has 1 atom stereocenters. The Morgan fingerprint density at radius 3 is 2.33 bits per heavy atom. The van der Waals surface area contributed by atoms with Crippen molar-refractivity contribution in [1.82, 2.24) is 4.72 Å². The van der Waals surface area contributed by atoms with Crippen molar-refractivity contribution >= 4 is 15.7 Å². The molecule has 0 bridgehead atoms. The smallest absolute Gasteiger partial charge is 0.244 e. The van der Waals surface area contributed by atoms with E-state index in [2.05, 4.69) is 4.72 Å². The third kappa shape index (κ3) is 3.53. The van der Waals surface area contributed by atoms with Gasteiger partial charge in [0, 0.05) is 11.7 Å². The Morgan fingerprint density at radius 1 is 1.10 bits per heavy atom. The van der Waals surface area contributed by atoms with Gasteiger partial charge < -0.3 is 10.5 Å². The van der Waals surface area contributed by atoms with E-state index < -0.39 is 10.0 Å². The Morgan fingerprint density at radius 2 is 1.71 bits per heavy atom. The summed E-state index contributed by atoms with van der Waals surface area (Å²) in [6.45, 7) is 1.78. The van der Waals surface area contributed by atoms with Crippen LogP contribution in [0.4, 0.5) is 5.69 Å². The van der Waals surface area contributed by atoms with E-state index in [0.717, 1.165) is 5.56 Å². The monoisotopic (exact) mass is 306 g/mol. The molecule has 21 heavy (non-hydrogen) atoms. The SMILES string of the molecule is COc1ccccc1S(=O)(=O)NC(C)c1ccc(N)cc1. The Hall–Kier alpha value is -2.05. The van der Waals surface area contributed by atoms with E-state index in [1.807, 2.05) is 0 Å². The molecule has 2 rings (SSSR count). The van der Waals surface area contributed by atoms with Crippen LogP contribution in [0.15, 0.2) is 53.4 Å². The molecule has 0 aliphatic heterocycles. The Kier molecular flexibility index (Phi) is 4.50. The summed E-state index contributed by atoms with van der Waals surface area (Å²) in [5, 5.41) is 0. The Labute approximate surface area is 124 Å². The maximum Gasteiger partial charge on any atom is 0.244 e. The van der Waals surface area contributed by atoms with Gasteiger partial charge in [-0.25, -0.2) is 13.1 Å². The van der Waals surface area contributed by atoms with E-state index in [4.69, 9.17) is 10.5 Å². The summed E-state index contributed by atoms with van der Waals surface area (Å²) in [6, 6.07) is 13.2. The van der Waals surface area contributed by atoms with Gasteiger partial charge >= 0.3 is 0 Å². The number of ether oxygens (including phenoxy) is 1. The normalized spacial score (nSPS) is 12.9. The second kappa shape index (κ2) is 6.15. The fourth-order valence-electron chi connectivity index (χ4n) is 1.99. The highest BCUT2D eigenvalue weighted by Gasteiger charge is 2.21. The lowest BCUT2D eigenvalue weighted by atomic mass is 10.1. The number of nitrogen functional groups attached to an aromatic ring is 1. The quantitative estimate of drug-likeness (QED) is 0.831. The van der Waals surface area contributed by atoms with Crippen LogP contribution in [0.25, 0.3) is 0 Å². The number of hydrogen-bond acceptors (Lipinski definition) is 4. The lowest BCUT2D eigenvalue weighted by Crippen LogP contribution is -2.27. The minimum Gasteiger partial charge on any atom is -0.495 e. The largest absolute Gasteiger partial charge is 0.495 e. The first-order valence-electron chi connectivity index (χ1n) is 6.45. The van der Waals surface area contributed by atoms with Crippen LogP contribution in [0.2, 0.25) is 0 Å². The summed E-state index contributed by atoms with van der Waals surface area (Å²) in [5.74, 6) is 0.314. The summed E-state index contributed by atoms with van der Waals surface area (Å²) < 4.78 is 32.6. The van der Waals surface area contributed by atoms with Gasteiger partial charge in [-0.3, -0.25) is 0 Å². The second-order valence-corrected chi connectivity index (χ2v) is 6.34. The first-order chi connectivity index (χ1) is 9.94. The van der Waals surface area contributed by atoms with Gasteiger partial charge in [0.15, 0.2) is 0 Å². The van der Waals surface area contributed by atoms with Crippen molar-refractivity contribution in [2.45, 2.75) is 17.9 Å². The fourth-order valence-corrected chi connectivity index (χ4v) is 3.39. The standard InChI is InChI=1S/C15H18N2O3S/c1-11(12-7-9-13(16)10-8-12)17-21(18,19)15-6-4-3-5-14(15)20-2/h3-11,17H,16H2,1-2H3. The summed E-state index contributed by atoms with van der Waals surface area (Å²) in [4.78, 5) is 0.120. The molecular formula is C15H18N2O3S. The number of nitrogens with one attached hydrogen (secondary N) is 1. The van der Waals surface area contributed by atoms with Crippen molar-refractivity contribution in [3.8, 4) is 5.75 Å². The average molecular weight is 306 g/mol. The number of benzene rings is 2. The van der Waals surface area contributed by atoms with Gasteiger partial charge in [0.1, 0.15) is 10.6 Å². The number of rotatable bonds is 5. The van der Waals surface area contributed by atoms with E-state index in [1.54, 1.807) is 49.4 Å². The minimum absolute atomic E-state index is 0.120. The third-order valence-electron chi connectivity index (χ3n) is 3.13. The first-order valence-corrected chi connectivity index (χ1v) is 7.93. The molecule has 2 aromatic carbocycles. The zero-order valence-electron chi connectivity index (χ0n) is 11.9. The average Bonchev–Trinajstić information content (AvgIpc) is 2.47. The van der Waals surface area contributed by atoms with Crippen LogP contribution < -0.4 is 15.2 Å². The highest BCUT2D eigenvalue weighted by molar-refractivity contribution is 7.89. The molecule has 0 fully saturated rings. The van der Waals surface area contributed by atoms with Crippen LogP contribution in [0.3, 0.4) is 0 Å². The maximum atomic E-state index is 12.4. The molecular weight excluding hydrogens is 288 g/mol. The fraction of sp³-hybridized carbons (Fsp3) is 0.200. The molecule has 0 heterocycles. The maximum absolute atomic E-state index is 12.4. The van der Waals surface area contributed by atoms with Crippen LogP contribution in [0.1, 0.15) is 18.5 Å². The van der Waals surface area contributed by atoms with Crippen molar-refractivity contribution in [3.63, 3.8) is 0 Å². The van der Waals surface area contributed by atoms with Gasteiger partial charge in [-0.1, -0.05) is 24.3 Å². The van der Waals surface area contributed by atoms with Gasteiger partial charge in [-0.05, 0) is 36.8 Å². The Balaban J connectivity index is 2.26. The summed E-state index contributed by atoms with van der Waals surface area (Å²) in [5.41, 5.74) is 7.10. The molecule has 0 spiro atoms. The summed E-state index contributed by atoms with van der Waals surface area (Å²) in [7, 11) is -2.22. The highest BCUT2D eigenvalue weighted by Crippen LogP contribution is 2.25. The number of para-hydroxylation sites is 1. The molecule has 0 aromatic heterocycles. The van der Waals surface area contributed by atoms with Gasteiger partial charge in [0.05, 0.1) is 7.11 Å². The van der Waals surface area contributed by atoms with E-state index in [-0.39, 0.29) is 10.9 Å². The number of sulfonamides is 1. The second-order valence-electron chi connectivity index (χ2n) is 4.66. The van der Waals surface area contributed by atoms with Gasteiger partial charge in [-0.2, -0.15) is 0 Å². The molecule has 6 heteroatoms. The molecule has 5 nitrogen and oxygen atoms in total. The molecule has 0 saturated carbocycles. The molecule has 1 unspecified atom stereocenters. The van der Waals surface area contributed by atoms with Gasteiger partial charge in [-0.15, -0.1) is 0 Å². The summed E-state index contributed by atoms with van der Waals surface area (Å²) >= 11 is 0. The number of anilines is 1. The molecule has 0 aliphatic rings. The number of hydrogen-bond donors (Lipinski definition) is 2. The van der Waals surface area contributed by atoms with Gasteiger partial charge in [0.2, 0.25) is 10.0 Å². The predicted molar refractivity (Wildman–Crippen MR) is 82.6 cm³/mol. The molecule has 0 amide bonds. The van der Waals surface area contributed by atoms with Gasteiger partial charge in [0.25, 0.3) is 0 Å². The van der Waals surface area contributed by atoms with Crippen molar-refractivity contribution in [1.29, 1.82) is 0 Å². The Bertz CT molecular complexity index is 712. The zero-order valence-corrected chi connectivity index (χ0v) is 12.7. The van der Waals surface area contributed by atoms with E-state index >= 15 is 0 Å². The van der Waals surface area contributed by atoms with Crippen LogP contribution in [-0.2, 0) is 10.0 Å². The summed E-state index contributed by atoms with van der Waals surface area (Å²) in [6.07, 6.45) is 0. The number of nitrogens with two attached hydrogens (primary N) is 1. The van der Waals surface area contributed by atoms with Crippen LogP contribution in [0.5, 0.6) is 5.75 Å². The lowest BCUT2D eigenvalue weighted by Gasteiger charge is -2.16. The van der Waals surface area contributed by atoms with E-state index in [0.29, 0.717) is 11.4 Å². The van der Waals surface area contributed by atoms with Crippen molar-refractivity contribution in [2.75, 3.05) is 12.8 Å². The predicted octanol–water partition coefficient (Wildman–Crippen LogP) is 2.32. The molecule has 0 aliphatic carbocycles. The molecule has 112 valence electrons. The van der Waals surface area contributed by atoms with Crippen molar-refractivity contribution in [2.24, 2.45) is 0 Å². The van der Waals surface area contributed by atoms with Crippen molar-refractivity contribution < 1.29 is 13.2 Å². The van der Waals surface area contributed by atoms with Crippen molar-refractivity contribution in [3.05, 3.63) is 54.1 Å². The topological polar surface area (TPSA) is 81.4 Å². The van der Waals surface area contributed by atoms with Crippen LogP contribution in [0, 0.1) is 0 Å². The molecule has 2 aromatic rings. The number of methoxy groups -OCH3 is 1.